The summed E-state index contributed by atoms with van der Waals surface area (Å²) in [6.07, 6.45) is 4.80. The molecular formula is C19H28ClN3O2. The number of hydrogen-bond donors (Lipinski definition) is 2. The van der Waals surface area contributed by atoms with Gasteiger partial charge in [-0.2, -0.15) is 0 Å². The third-order valence-electron chi connectivity index (χ3n) is 5.40. The minimum absolute atomic E-state index is 0.0144. The number of hydrogen-bond acceptors (Lipinski definition) is 4. The molecule has 1 saturated heterocycles. The number of halogens is 1. The Balaban J connectivity index is 1.68. The fraction of sp³-hybridized carbons (Fsp3) is 0.632. The van der Waals surface area contributed by atoms with Crippen LogP contribution >= 0.6 is 11.6 Å². The minimum atomic E-state index is -0.701. The molecule has 5 nitrogen and oxygen atoms in total. The van der Waals surface area contributed by atoms with Gasteiger partial charge in [0, 0.05) is 24.7 Å². The van der Waals surface area contributed by atoms with Gasteiger partial charge < -0.3 is 15.8 Å². The predicted octanol–water partition coefficient (Wildman–Crippen LogP) is 2.49. The van der Waals surface area contributed by atoms with E-state index in [0.29, 0.717) is 6.54 Å². The van der Waals surface area contributed by atoms with Gasteiger partial charge >= 0.3 is 0 Å². The molecule has 0 spiro atoms. The van der Waals surface area contributed by atoms with E-state index >= 15 is 0 Å². The molecule has 1 atom stereocenters. The van der Waals surface area contributed by atoms with Crippen LogP contribution < -0.4 is 11.1 Å². The predicted molar refractivity (Wildman–Crippen MR) is 99.6 cm³/mol. The third-order valence-corrected chi connectivity index (χ3v) is 5.65. The van der Waals surface area contributed by atoms with E-state index in [-0.39, 0.29) is 11.9 Å². The molecule has 1 aliphatic carbocycles. The molecular weight excluding hydrogens is 338 g/mol. The summed E-state index contributed by atoms with van der Waals surface area (Å²) in [6.45, 7) is 3.71. The lowest BCUT2D eigenvalue weighted by Gasteiger charge is -2.36. The number of carbonyl (C=O) groups excluding carboxylic acids is 1. The van der Waals surface area contributed by atoms with Crippen LogP contribution in [0.15, 0.2) is 24.3 Å². The number of benzene rings is 1. The summed E-state index contributed by atoms with van der Waals surface area (Å²) >= 11 is 6.03. The van der Waals surface area contributed by atoms with Gasteiger partial charge in [-0.05, 0) is 30.5 Å². The average molecular weight is 366 g/mol. The standard InChI is InChI=1S/C19H28ClN3O2/c20-16-6-4-15(5-7-16)17(23-10-12-25-13-11-23)14-22-18(24)19(21)8-2-1-3-9-19/h4-7,17H,1-3,8-14,21H2,(H,22,24). The van der Waals surface area contributed by atoms with Crippen molar-refractivity contribution in [3.63, 3.8) is 0 Å². The summed E-state index contributed by atoms with van der Waals surface area (Å²) in [5, 5.41) is 3.84. The highest BCUT2D eigenvalue weighted by Gasteiger charge is 2.35. The first-order valence-electron chi connectivity index (χ1n) is 9.23. The highest BCUT2D eigenvalue weighted by molar-refractivity contribution is 6.30. The molecule has 6 heteroatoms. The second-order valence-electron chi connectivity index (χ2n) is 7.14. The maximum atomic E-state index is 12.7. The highest BCUT2D eigenvalue weighted by atomic mass is 35.5. The molecule has 2 aliphatic rings. The van der Waals surface area contributed by atoms with E-state index in [1.54, 1.807) is 0 Å². The maximum Gasteiger partial charge on any atom is 0.240 e. The number of carbonyl (C=O) groups is 1. The molecule has 2 fully saturated rings. The van der Waals surface area contributed by atoms with Gasteiger partial charge in [-0.3, -0.25) is 9.69 Å². The first-order chi connectivity index (χ1) is 12.1. The summed E-state index contributed by atoms with van der Waals surface area (Å²) < 4.78 is 5.47. The van der Waals surface area contributed by atoms with Crippen molar-refractivity contribution in [3.05, 3.63) is 34.9 Å². The molecule has 1 amide bonds. The van der Waals surface area contributed by atoms with E-state index in [9.17, 15) is 4.79 Å². The molecule has 1 saturated carbocycles. The molecule has 3 N–H and O–H groups in total. The van der Waals surface area contributed by atoms with E-state index in [1.165, 1.54) is 6.42 Å². The number of rotatable bonds is 5. The molecule has 25 heavy (non-hydrogen) atoms. The number of nitrogens with zero attached hydrogens (tertiary/aromatic N) is 1. The fourth-order valence-corrected chi connectivity index (χ4v) is 3.93. The van der Waals surface area contributed by atoms with Crippen molar-refractivity contribution in [2.45, 2.75) is 43.7 Å². The van der Waals surface area contributed by atoms with E-state index in [1.807, 2.05) is 24.3 Å². The number of nitrogens with two attached hydrogens (primary N) is 1. The molecule has 1 aromatic rings. The Bertz CT molecular complexity index is 567. The average Bonchev–Trinajstić information content (AvgIpc) is 2.64. The lowest BCUT2D eigenvalue weighted by Crippen LogP contribution is -2.56. The molecule has 138 valence electrons. The lowest BCUT2D eigenvalue weighted by molar-refractivity contribution is -0.127. The van der Waals surface area contributed by atoms with Gasteiger partial charge in [-0.15, -0.1) is 0 Å². The summed E-state index contributed by atoms with van der Waals surface area (Å²) in [4.78, 5) is 15.1. The van der Waals surface area contributed by atoms with Crippen LogP contribution in [0.3, 0.4) is 0 Å². The van der Waals surface area contributed by atoms with E-state index < -0.39 is 5.54 Å². The van der Waals surface area contributed by atoms with Gasteiger partial charge in [0.05, 0.1) is 24.8 Å². The largest absolute Gasteiger partial charge is 0.379 e. The van der Waals surface area contributed by atoms with Gasteiger partial charge in [0.15, 0.2) is 0 Å². The van der Waals surface area contributed by atoms with Gasteiger partial charge in [0.1, 0.15) is 0 Å². The Morgan fingerprint density at radius 3 is 2.48 bits per heavy atom. The van der Waals surface area contributed by atoms with Crippen LogP contribution in [0.4, 0.5) is 0 Å². The normalized spacial score (nSPS) is 22.3. The van der Waals surface area contributed by atoms with Gasteiger partial charge in [-0.1, -0.05) is 43.0 Å². The number of amides is 1. The van der Waals surface area contributed by atoms with Crippen LogP contribution in [-0.4, -0.2) is 49.2 Å². The molecule has 1 aromatic carbocycles. The van der Waals surface area contributed by atoms with E-state index in [0.717, 1.165) is 62.6 Å². The summed E-state index contributed by atoms with van der Waals surface area (Å²) in [7, 11) is 0. The van der Waals surface area contributed by atoms with Crippen molar-refractivity contribution in [2.75, 3.05) is 32.8 Å². The monoisotopic (exact) mass is 365 g/mol. The van der Waals surface area contributed by atoms with Crippen molar-refractivity contribution in [1.29, 1.82) is 0 Å². The smallest absolute Gasteiger partial charge is 0.240 e. The molecule has 0 radical (unpaired) electrons. The number of morpholine rings is 1. The first kappa shape index (κ1) is 18.6. The van der Waals surface area contributed by atoms with Crippen LogP contribution in [-0.2, 0) is 9.53 Å². The van der Waals surface area contributed by atoms with E-state index in [4.69, 9.17) is 22.1 Å². The van der Waals surface area contributed by atoms with Crippen LogP contribution in [0.1, 0.15) is 43.7 Å². The van der Waals surface area contributed by atoms with Crippen LogP contribution in [0.25, 0.3) is 0 Å². The molecule has 1 heterocycles. The summed E-state index contributed by atoms with van der Waals surface area (Å²) in [5.41, 5.74) is 6.82. The molecule has 0 bridgehead atoms. The Hall–Kier alpha value is -1.14. The number of nitrogens with one attached hydrogen (secondary N) is 1. The van der Waals surface area contributed by atoms with Crippen molar-refractivity contribution in [2.24, 2.45) is 5.73 Å². The van der Waals surface area contributed by atoms with Gasteiger partial charge in [0.2, 0.25) is 5.91 Å². The minimum Gasteiger partial charge on any atom is -0.379 e. The first-order valence-corrected chi connectivity index (χ1v) is 9.61. The zero-order chi connectivity index (χ0) is 17.7. The third kappa shape index (κ3) is 4.73. The summed E-state index contributed by atoms with van der Waals surface area (Å²) in [6, 6.07) is 7.98. The van der Waals surface area contributed by atoms with Crippen molar-refractivity contribution >= 4 is 17.5 Å². The van der Waals surface area contributed by atoms with Crippen molar-refractivity contribution in [3.8, 4) is 0 Å². The van der Waals surface area contributed by atoms with E-state index in [2.05, 4.69) is 10.2 Å². The van der Waals surface area contributed by atoms with Crippen LogP contribution in [0.5, 0.6) is 0 Å². The Kier molecular flexibility index (Phi) is 6.34. The Morgan fingerprint density at radius 2 is 1.84 bits per heavy atom. The molecule has 3 rings (SSSR count). The van der Waals surface area contributed by atoms with Crippen molar-refractivity contribution < 1.29 is 9.53 Å². The summed E-state index contributed by atoms with van der Waals surface area (Å²) in [5.74, 6) is -0.0144. The topological polar surface area (TPSA) is 67.6 Å². The van der Waals surface area contributed by atoms with Crippen LogP contribution in [0.2, 0.25) is 5.02 Å². The second-order valence-corrected chi connectivity index (χ2v) is 7.58. The van der Waals surface area contributed by atoms with Gasteiger partial charge in [-0.25, -0.2) is 0 Å². The molecule has 1 unspecified atom stereocenters. The zero-order valence-corrected chi connectivity index (χ0v) is 15.4. The Labute approximate surface area is 154 Å². The molecule has 0 aromatic heterocycles. The molecule has 1 aliphatic heterocycles. The van der Waals surface area contributed by atoms with Crippen molar-refractivity contribution in [1.82, 2.24) is 10.2 Å². The quantitative estimate of drug-likeness (QED) is 0.841. The lowest BCUT2D eigenvalue weighted by atomic mass is 9.82. The maximum absolute atomic E-state index is 12.7. The Morgan fingerprint density at radius 1 is 1.20 bits per heavy atom. The zero-order valence-electron chi connectivity index (χ0n) is 14.7. The fourth-order valence-electron chi connectivity index (χ4n) is 3.81. The SMILES string of the molecule is NC1(C(=O)NCC(c2ccc(Cl)cc2)N2CCOCC2)CCCCC1. The number of ether oxygens (including phenoxy) is 1. The van der Waals surface area contributed by atoms with Crippen LogP contribution in [0, 0.1) is 0 Å². The van der Waals surface area contributed by atoms with Gasteiger partial charge in [0.25, 0.3) is 0 Å². The second kappa shape index (κ2) is 8.49. The highest BCUT2D eigenvalue weighted by Crippen LogP contribution is 2.27.